The van der Waals surface area contributed by atoms with Crippen molar-refractivity contribution in [2.45, 2.75) is 41.5 Å². The largest absolute Gasteiger partial charge is 0.362 e. The van der Waals surface area contributed by atoms with Crippen LogP contribution < -0.4 is 4.72 Å². The number of rotatable bonds is 13. The van der Waals surface area contributed by atoms with Crippen LogP contribution >= 0.6 is 11.8 Å². The maximum Gasteiger partial charge on any atom is 0.271 e. The van der Waals surface area contributed by atoms with Crippen molar-refractivity contribution in [3.05, 3.63) is 100 Å². The molecule has 0 aliphatic carbocycles. The average Bonchev–Trinajstić information content (AvgIpc) is 3.36. The summed E-state index contributed by atoms with van der Waals surface area (Å²) in [6, 6.07) is 24.6. The number of ether oxygens (including phenoxy) is 1. The zero-order chi connectivity index (χ0) is 28.5. The summed E-state index contributed by atoms with van der Waals surface area (Å²) in [5.74, 6) is 0.120. The molecule has 0 aliphatic rings. The van der Waals surface area contributed by atoms with Gasteiger partial charge in [0.15, 0.2) is 0 Å². The Kier molecular flexibility index (Phi) is 9.55. The minimum Gasteiger partial charge on any atom is -0.362 e. The molecule has 1 aromatic heterocycles. The number of hydrogen-bond acceptors (Lipinski definition) is 8. The summed E-state index contributed by atoms with van der Waals surface area (Å²) in [4.78, 5) is 10.6. The summed E-state index contributed by atoms with van der Waals surface area (Å²) in [5.41, 5.74) is 1.86. The Balaban J connectivity index is 1.72. The number of benzene rings is 3. The molecule has 3 aromatic carbocycles. The first kappa shape index (κ1) is 28.8. The highest BCUT2D eigenvalue weighted by Gasteiger charge is 2.26. The van der Waals surface area contributed by atoms with Gasteiger partial charge in [0.1, 0.15) is 16.3 Å². The van der Waals surface area contributed by atoms with Crippen LogP contribution in [0.3, 0.4) is 0 Å². The van der Waals surface area contributed by atoms with Gasteiger partial charge < -0.3 is 4.74 Å². The molecule has 0 aliphatic heterocycles. The Morgan fingerprint density at radius 2 is 1.82 bits per heavy atom. The van der Waals surface area contributed by atoms with Crippen molar-refractivity contribution in [3.63, 3.8) is 0 Å². The molecule has 1 unspecified atom stereocenters. The van der Waals surface area contributed by atoms with Crippen molar-refractivity contribution in [3.8, 4) is 17.2 Å². The zero-order valence-corrected chi connectivity index (χ0v) is 23.2. The van der Waals surface area contributed by atoms with E-state index >= 15 is 0 Å². The third-order valence-electron chi connectivity index (χ3n) is 5.90. The second-order valence-electron chi connectivity index (χ2n) is 8.69. The fraction of sp³-hybridized carbons (Fsp3) is 0.214. The number of anilines is 1. The van der Waals surface area contributed by atoms with Gasteiger partial charge in [0, 0.05) is 25.2 Å². The SMILES string of the molecule is CCc1cc([N+](=O)[O-])cc(S(=O)(=O)Nc2[nH]nc(SC(OCCCC#N)c3ccccc3)c2-c2ccccc2)c1. The van der Waals surface area contributed by atoms with Gasteiger partial charge in [-0.25, -0.2) is 8.42 Å². The van der Waals surface area contributed by atoms with Crippen molar-refractivity contribution in [1.82, 2.24) is 10.2 Å². The molecule has 4 rings (SSSR count). The number of H-pyrrole nitrogens is 1. The van der Waals surface area contributed by atoms with E-state index in [9.17, 15) is 18.5 Å². The summed E-state index contributed by atoms with van der Waals surface area (Å²) < 4.78 is 35.6. The number of thioether (sulfide) groups is 1. The van der Waals surface area contributed by atoms with E-state index in [-0.39, 0.29) is 16.4 Å². The lowest BCUT2D eigenvalue weighted by atomic mass is 10.1. The molecule has 206 valence electrons. The van der Waals surface area contributed by atoms with Gasteiger partial charge >= 0.3 is 0 Å². The summed E-state index contributed by atoms with van der Waals surface area (Å²) in [7, 11) is -4.22. The van der Waals surface area contributed by atoms with E-state index in [4.69, 9.17) is 10.00 Å². The number of nitro benzene ring substituents is 1. The van der Waals surface area contributed by atoms with Crippen molar-refractivity contribution in [2.24, 2.45) is 0 Å². The van der Waals surface area contributed by atoms with Crippen LogP contribution in [0.2, 0.25) is 0 Å². The third-order valence-corrected chi connectivity index (χ3v) is 8.38. The van der Waals surface area contributed by atoms with Crippen LogP contribution in [0.5, 0.6) is 0 Å². The Bertz CT molecular complexity index is 1600. The monoisotopic (exact) mass is 577 g/mol. The molecule has 0 amide bonds. The molecular weight excluding hydrogens is 550 g/mol. The summed E-state index contributed by atoms with van der Waals surface area (Å²) >= 11 is 1.30. The van der Waals surface area contributed by atoms with Gasteiger partial charge in [-0.05, 0) is 35.6 Å². The molecule has 0 radical (unpaired) electrons. The Morgan fingerprint density at radius 3 is 2.48 bits per heavy atom. The van der Waals surface area contributed by atoms with E-state index in [1.165, 1.54) is 23.9 Å². The van der Waals surface area contributed by atoms with Crippen LogP contribution in [-0.2, 0) is 21.2 Å². The third kappa shape index (κ3) is 7.06. The van der Waals surface area contributed by atoms with Crippen LogP contribution in [0.15, 0.2) is 88.8 Å². The summed E-state index contributed by atoms with van der Waals surface area (Å²) in [5, 5.41) is 28.0. The minimum atomic E-state index is -4.22. The maximum atomic E-state index is 13.4. The maximum absolute atomic E-state index is 13.4. The predicted molar refractivity (Wildman–Crippen MR) is 153 cm³/mol. The number of nitrogens with one attached hydrogen (secondary N) is 2. The highest BCUT2D eigenvalue weighted by Crippen LogP contribution is 2.43. The normalized spacial score (nSPS) is 12.0. The molecule has 1 atom stereocenters. The number of hydrogen-bond donors (Lipinski definition) is 2. The molecule has 4 aromatic rings. The molecule has 0 saturated carbocycles. The van der Waals surface area contributed by atoms with Crippen molar-refractivity contribution < 1.29 is 18.1 Å². The molecule has 0 fully saturated rings. The smallest absolute Gasteiger partial charge is 0.271 e. The molecule has 2 N–H and O–H groups in total. The molecule has 0 bridgehead atoms. The van der Waals surface area contributed by atoms with Gasteiger partial charge in [-0.3, -0.25) is 19.9 Å². The number of nitrogens with zero attached hydrogens (tertiary/aromatic N) is 3. The van der Waals surface area contributed by atoms with Crippen LogP contribution in [0.25, 0.3) is 11.1 Å². The number of unbranched alkanes of at least 4 members (excludes halogenated alkanes) is 1. The van der Waals surface area contributed by atoms with Gasteiger partial charge in [0.25, 0.3) is 15.7 Å². The van der Waals surface area contributed by atoms with Crippen molar-refractivity contribution in [1.29, 1.82) is 5.26 Å². The Morgan fingerprint density at radius 1 is 1.12 bits per heavy atom. The Labute approximate surface area is 236 Å². The lowest BCUT2D eigenvalue weighted by molar-refractivity contribution is -0.385. The first-order valence-electron chi connectivity index (χ1n) is 12.5. The lowest BCUT2D eigenvalue weighted by Crippen LogP contribution is -2.14. The second kappa shape index (κ2) is 13.3. The molecule has 12 heteroatoms. The average molecular weight is 578 g/mol. The number of nitriles is 1. The summed E-state index contributed by atoms with van der Waals surface area (Å²) in [6.07, 6.45) is 1.37. The lowest BCUT2D eigenvalue weighted by Gasteiger charge is -2.18. The Hall–Kier alpha value is -4.18. The number of non-ortho nitro benzene ring substituents is 1. The highest BCUT2D eigenvalue weighted by atomic mass is 32.2. The topological polar surface area (TPSA) is 151 Å². The predicted octanol–water partition coefficient (Wildman–Crippen LogP) is 6.46. The fourth-order valence-electron chi connectivity index (χ4n) is 3.91. The van der Waals surface area contributed by atoms with Gasteiger partial charge in [-0.1, -0.05) is 79.3 Å². The molecule has 0 spiro atoms. The van der Waals surface area contributed by atoms with E-state index in [1.54, 1.807) is 6.92 Å². The van der Waals surface area contributed by atoms with Crippen molar-refractivity contribution in [2.75, 3.05) is 11.3 Å². The first-order valence-corrected chi connectivity index (χ1v) is 14.8. The van der Waals surface area contributed by atoms with E-state index in [0.29, 0.717) is 47.6 Å². The van der Waals surface area contributed by atoms with Gasteiger partial charge in [0.2, 0.25) is 0 Å². The fourth-order valence-corrected chi connectivity index (χ4v) is 6.12. The number of aromatic nitrogens is 2. The van der Waals surface area contributed by atoms with Gasteiger partial charge in [-0.15, -0.1) is 0 Å². The first-order chi connectivity index (χ1) is 19.3. The summed E-state index contributed by atoms with van der Waals surface area (Å²) in [6.45, 7) is 2.15. The van der Waals surface area contributed by atoms with E-state index in [1.807, 2.05) is 60.7 Å². The molecular formula is C28H27N5O5S2. The highest BCUT2D eigenvalue weighted by molar-refractivity contribution is 7.99. The quantitative estimate of drug-likeness (QED) is 0.0604. The van der Waals surface area contributed by atoms with Crippen molar-refractivity contribution >= 4 is 33.3 Å². The van der Waals surface area contributed by atoms with Crippen LogP contribution in [-0.4, -0.2) is 30.1 Å². The molecule has 1 heterocycles. The molecule has 10 nitrogen and oxygen atoms in total. The van der Waals surface area contributed by atoms with Crippen LogP contribution in [0, 0.1) is 21.4 Å². The van der Waals surface area contributed by atoms with Gasteiger partial charge in [-0.2, -0.15) is 10.4 Å². The number of sulfonamides is 1. The van der Waals surface area contributed by atoms with E-state index in [0.717, 1.165) is 11.6 Å². The van der Waals surface area contributed by atoms with Crippen LogP contribution in [0.4, 0.5) is 11.5 Å². The van der Waals surface area contributed by atoms with Gasteiger partial charge in [0.05, 0.1) is 21.5 Å². The molecule has 0 saturated heterocycles. The van der Waals surface area contributed by atoms with E-state index < -0.39 is 20.4 Å². The zero-order valence-electron chi connectivity index (χ0n) is 21.6. The molecule has 40 heavy (non-hydrogen) atoms. The van der Waals surface area contributed by atoms with Crippen LogP contribution in [0.1, 0.15) is 36.3 Å². The number of aryl methyl sites for hydroxylation is 1. The van der Waals surface area contributed by atoms with E-state index in [2.05, 4.69) is 21.0 Å². The standard InChI is InChI=1S/C28H27N5O5S2/c1-2-20-17-23(33(34)35)19-24(18-20)40(36,37)32-26-25(21-11-5-3-6-12-21)27(31-30-26)39-28(38-16-10-9-15-29)22-13-7-4-8-14-22/h3-8,11-14,17-19,28H,2,9-10,16H2,1H3,(H2,30,31,32). The minimum absolute atomic E-state index is 0.120. The second-order valence-corrected chi connectivity index (χ2v) is 11.4. The number of aromatic amines is 1. The number of nitro groups is 1.